The SMILES string of the molecule is CC(C)(C)OC(=O)N1CC[C@@H](COCCCI)C1. The van der Waals surface area contributed by atoms with Crippen LogP contribution >= 0.6 is 22.6 Å². The molecule has 0 aromatic carbocycles. The summed E-state index contributed by atoms with van der Waals surface area (Å²) in [5.74, 6) is 0.465. The maximum Gasteiger partial charge on any atom is 0.410 e. The summed E-state index contributed by atoms with van der Waals surface area (Å²) in [6, 6.07) is 0. The molecule has 0 aliphatic carbocycles. The molecule has 0 bridgehead atoms. The van der Waals surface area contributed by atoms with Gasteiger partial charge in [-0.25, -0.2) is 4.79 Å². The Balaban J connectivity index is 2.22. The van der Waals surface area contributed by atoms with E-state index in [1.165, 1.54) is 0 Å². The third kappa shape index (κ3) is 6.22. The number of nitrogens with zero attached hydrogens (tertiary/aromatic N) is 1. The molecule has 5 heteroatoms. The number of amides is 1. The number of hydrogen-bond acceptors (Lipinski definition) is 3. The van der Waals surface area contributed by atoms with Gasteiger partial charge in [-0.2, -0.15) is 0 Å². The highest BCUT2D eigenvalue weighted by Gasteiger charge is 2.29. The molecule has 1 heterocycles. The zero-order chi connectivity index (χ0) is 13.6. The van der Waals surface area contributed by atoms with Crippen LogP contribution < -0.4 is 0 Å². The molecule has 106 valence electrons. The highest BCUT2D eigenvalue weighted by atomic mass is 127. The van der Waals surface area contributed by atoms with Crippen LogP contribution in [0.5, 0.6) is 0 Å². The lowest BCUT2D eigenvalue weighted by molar-refractivity contribution is 0.0275. The van der Waals surface area contributed by atoms with Gasteiger partial charge in [0.1, 0.15) is 5.60 Å². The van der Waals surface area contributed by atoms with Gasteiger partial charge in [-0.3, -0.25) is 0 Å². The zero-order valence-corrected chi connectivity index (χ0v) is 13.7. The second kappa shape index (κ2) is 7.53. The summed E-state index contributed by atoms with van der Waals surface area (Å²) in [7, 11) is 0. The summed E-state index contributed by atoms with van der Waals surface area (Å²) < 4.78 is 12.1. The predicted molar refractivity (Wildman–Crippen MR) is 80.2 cm³/mol. The Morgan fingerprint density at radius 3 is 2.78 bits per heavy atom. The molecule has 0 spiro atoms. The lowest BCUT2D eigenvalue weighted by Gasteiger charge is -2.24. The monoisotopic (exact) mass is 369 g/mol. The van der Waals surface area contributed by atoms with Crippen molar-refractivity contribution in [2.24, 2.45) is 5.92 Å². The standard InChI is InChI=1S/C13H24INO3/c1-13(2,3)18-12(16)15-7-5-11(9-15)10-17-8-4-6-14/h11H,4-10H2,1-3H3/t11-/m1/s1. The molecule has 0 saturated carbocycles. The Bertz CT molecular complexity index is 265. The van der Waals surface area contributed by atoms with E-state index in [2.05, 4.69) is 22.6 Å². The van der Waals surface area contributed by atoms with Gasteiger partial charge in [0.25, 0.3) is 0 Å². The summed E-state index contributed by atoms with van der Waals surface area (Å²) in [4.78, 5) is 13.6. The van der Waals surface area contributed by atoms with Crippen molar-refractivity contribution in [3.8, 4) is 0 Å². The molecular formula is C13H24INO3. The quantitative estimate of drug-likeness (QED) is 0.425. The van der Waals surface area contributed by atoms with Crippen molar-refractivity contribution in [3.63, 3.8) is 0 Å². The van der Waals surface area contributed by atoms with Gasteiger partial charge in [-0.1, -0.05) is 22.6 Å². The Morgan fingerprint density at radius 2 is 2.17 bits per heavy atom. The van der Waals surface area contributed by atoms with Gasteiger partial charge in [0.2, 0.25) is 0 Å². The van der Waals surface area contributed by atoms with Crippen molar-refractivity contribution < 1.29 is 14.3 Å². The predicted octanol–water partition coefficient (Wildman–Crippen LogP) is 3.09. The van der Waals surface area contributed by atoms with Crippen molar-refractivity contribution in [2.45, 2.75) is 39.2 Å². The van der Waals surface area contributed by atoms with Gasteiger partial charge in [0.05, 0.1) is 6.61 Å². The van der Waals surface area contributed by atoms with E-state index in [0.717, 1.165) is 43.6 Å². The Kier molecular flexibility index (Phi) is 6.70. The molecule has 1 rings (SSSR count). The van der Waals surface area contributed by atoms with Gasteiger partial charge < -0.3 is 14.4 Å². The van der Waals surface area contributed by atoms with Crippen LogP contribution in [0.15, 0.2) is 0 Å². The van der Waals surface area contributed by atoms with Crippen molar-refractivity contribution in [3.05, 3.63) is 0 Å². The molecule has 18 heavy (non-hydrogen) atoms. The maximum atomic E-state index is 11.8. The normalized spacial score (nSPS) is 20.2. The molecule has 1 aliphatic rings. The fourth-order valence-corrected chi connectivity index (χ4v) is 2.18. The van der Waals surface area contributed by atoms with E-state index in [1.807, 2.05) is 20.8 Å². The third-order valence-corrected chi connectivity index (χ3v) is 3.48. The maximum absolute atomic E-state index is 11.8. The average molecular weight is 369 g/mol. The molecule has 1 atom stereocenters. The topological polar surface area (TPSA) is 38.8 Å². The van der Waals surface area contributed by atoms with Crippen LogP contribution in [0.25, 0.3) is 0 Å². The number of alkyl halides is 1. The van der Waals surface area contributed by atoms with Crippen LogP contribution in [0.4, 0.5) is 4.79 Å². The molecular weight excluding hydrogens is 345 g/mol. The van der Waals surface area contributed by atoms with Gasteiger partial charge in [0, 0.05) is 30.0 Å². The Morgan fingerprint density at radius 1 is 1.44 bits per heavy atom. The van der Waals surface area contributed by atoms with Crippen LogP contribution in [-0.2, 0) is 9.47 Å². The molecule has 0 N–H and O–H groups in total. The lowest BCUT2D eigenvalue weighted by Crippen LogP contribution is -2.35. The van der Waals surface area contributed by atoms with E-state index in [9.17, 15) is 4.79 Å². The molecule has 4 nitrogen and oxygen atoms in total. The van der Waals surface area contributed by atoms with E-state index >= 15 is 0 Å². The van der Waals surface area contributed by atoms with Gasteiger partial charge in [0.15, 0.2) is 0 Å². The number of carbonyl (C=O) groups is 1. The van der Waals surface area contributed by atoms with E-state index in [4.69, 9.17) is 9.47 Å². The minimum atomic E-state index is -0.411. The Hall–Kier alpha value is -0.0400. The molecule has 0 radical (unpaired) electrons. The first kappa shape index (κ1) is 16.0. The molecule has 1 fully saturated rings. The summed E-state index contributed by atoms with van der Waals surface area (Å²) in [5, 5.41) is 0. The highest BCUT2D eigenvalue weighted by Crippen LogP contribution is 2.19. The molecule has 0 aromatic rings. The number of carbonyl (C=O) groups excluding carboxylic acids is 1. The number of hydrogen-bond donors (Lipinski definition) is 0. The van der Waals surface area contributed by atoms with E-state index in [0.29, 0.717) is 5.92 Å². The van der Waals surface area contributed by atoms with Crippen LogP contribution in [0, 0.1) is 5.92 Å². The first-order valence-electron chi connectivity index (χ1n) is 6.54. The highest BCUT2D eigenvalue weighted by molar-refractivity contribution is 14.1. The minimum absolute atomic E-state index is 0.197. The summed E-state index contributed by atoms with van der Waals surface area (Å²) in [6.07, 6.45) is 1.92. The summed E-state index contributed by atoms with van der Waals surface area (Å²) in [6.45, 7) is 8.82. The van der Waals surface area contributed by atoms with Gasteiger partial charge in [-0.15, -0.1) is 0 Å². The van der Waals surface area contributed by atoms with E-state index in [-0.39, 0.29) is 6.09 Å². The molecule has 1 amide bonds. The van der Waals surface area contributed by atoms with Crippen molar-refractivity contribution in [1.29, 1.82) is 0 Å². The second-order valence-corrected chi connectivity index (χ2v) is 6.78. The fourth-order valence-electron chi connectivity index (χ4n) is 1.87. The fraction of sp³-hybridized carbons (Fsp3) is 0.923. The number of halogens is 1. The number of ether oxygens (including phenoxy) is 2. The first-order valence-corrected chi connectivity index (χ1v) is 8.06. The van der Waals surface area contributed by atoms with Crippen LogP contribution in [0.2, 0.25) is 0 Å². The molecule has 1 aliphatic heterocycles. The molecule has 1 saturated heterocycles. The molecule has 0 aromatic heterocycles. The Labute approximate surface area is 124 Å². The summed E-state index contributed by atoms with van der Waals surface area (Å²) >= 11 is 2.35. The zero-order valence-electron chi connectivity index (χ0n) is 11.6. The van der Waals surface area contributed by atoms with Crippen LogP contribution in [0.3, 0.4) is 0 Å². The number of rotatable bonds is 5. The largest absolute Gasteiger partial charge is 0.444 e. The summed E-state index contributed by atoms with van der Waals surface area (Å²) in [5.41, 5.74) is -0.411. The lowest BCUT2D eigenvalue weighted by atomic mass is 10.1. The van der Waals surface area contributed by atoms with Crippen molar-refractivity contribution in [2.75, 3.05) is 30.7 Å². The van der Waals surface area contributed by atoms with E-state index in [1.54, 1.807) is 4.90 Å². The van der Waals surface area contributed by atoms with Crippen molar-refractivity contribution in [1.82, 2.24) is 4.90 Å². The van der Waals surface area contributed by atoms with Crippen molar-refractivity contribution >= 4 is 28.7 Å². The first-order chi connectivity index (χ1) is 8.42. The van der Waals surface area contributed by atoms with Gasteiger partial charge in [-0.05, 0) is 33.6 Å². The second-order valence-electron chi connectivity index (χ2n) is 5.70. The van der Waals surface area contributed by atoms with Crippen LogP contribution in [0.1, 0.15) is 33.6 Å². The van der Waals surface area contributed by atoms with Gasteiger partial charge >= 0.3 is 6.09 Å². The smallest absolute Gasteiger partial charge is 0.410 e. The molecule has 0 unspecified atom stereocenters. The number of likely N-dealkylation sites (tertiary alicyclic amines) is 1. The van der Waals surface area contributed by atoms with Crippen LogP contribution in [-0.4, -0.2) is 47.3 Å². The average Bonchev–Trinajstić information content (AvgIpc) is 2.71. The minimum Gasteiger partial charge on any atom is -0.444 e. The third-order valence-electron chi connectivity index (χ3n) is 2.71. The van der Waals surface area contributed by atoms with E-state index < -0.39 is 5.60 Å².